The summed E-state index contributed by atoms with van der Waals surface area (Å²) in [4.78, 5) is 38.5. The van der Waals surface area contributed by atoms with Crippen molar-refractivity contribution in [3.05, 3.63) is 74.3 Å². The molecule has 0 aliphatic heterocycles. The Kier molecular flexibility index (Phi) is 6.46. The SMILES string of the molecule is COC(=O)c1c(NC(=O)c2cccs2)sc(C(=O)NC(C)c2ccccc2)c1C. The van der Waals surface area contributed by atoms with Gasteiger partial charge < -0.3 is 15.4 Å². The lowest BCUT2D eigenvalue weighted by atomic mass is 10.1. The van der Waals surface area contributed by atoms with Gasteiger partial charge in [0.1, 0.15) is 5.00 Å². The fourth-order valence-electron chi connectivity index (χ4n) is 2.83. The average Bonchev–Trinajstić information content (AvgIpc) is 3.36. The first-order valence-electron chi connectivity index (χ1n) is 8.84. The minimum Gasteiger partial charge on any atom is -0.465 e. The molecule has 0 spiro atoms. The van der Waals surface area contributed by atoms with Gasteiger partial charge in [0.25, 0.3) is 11.8 Å². The number of ether oxygens (including phenoxy) is 1. The number of thiophene rings is 2. The number of amides is 2. The fourth-order valence-corrected chi connectivity index (χ4v) is 4.54. The van der Waals surface area contributed by atoms with Crippen molar-refractivity contribution in [1.82, 2.24) is 5.32 Å². The summed E-state index contributed by atoms with van der Waals surface area (Å²) >= 11 is 2.35. The molecule has 8 heteroatoms. The van der Waals surface area contributed by atoms with Crippen LogP contribution in [-0.2, 0) is 4.74 Å². The number of carbonyl (C=O) groups is 3. The van der Waals surface area contributed by atoms with E-state index in [1.165, 1.54) is 18.4 Å². The molecule has 0 fully saturated rings. The van der Waals surface area contributed by atoms with Gasteiger partial charge in [-0.2, -0.15) is 0 Å². The fraction of sp³-hybridized carbons (Fsp3) is 0.190. The van der Waals surface area contributed by atoms with E-state index in [1.807, 2.05) is 37.3 Å². The van der Waals surface area contributed by atoms with Gasteiger partial charge in [0.15, 0.2) is 0 Å². The molecule has 1 atom stereocenters. The topological polar surface area (TPSA) is 84.5 Å². The minimum atomic E-state index is -0.601. The summed E-state index contributed by atoms with van der Waals surface area (Å²) in [6.07, 6.45) is 0. The van der Waals surface area contributed by atoms with Gasteiger partial charge in [-0.3, -0.25) is 9.59 Å². The molecule has 0 bridgehead atoms. The smallest absolute Gasteiger partial charge is 0.341 e. The predicted molar refractivity (Wildman–Crippen MR) is 115 cm³/mol. The Bertz CT molecular complexity index is 1030. The number of anilines is 1. The standard InChI is InChI=1S/C21H20N2O4S2/c1-12-16(21(26)27-3)20(23-18(24)15-10-7-11-28-15)29-17(12)19(25)22-13(2)14-8-5-4-6-9-14/h4-11,13H,1-3H3,(H,22,25)(H,23,24). The van der Waals surface area contributed by atoms with Crippen LogP contribution >= 0.6 is 22.7 Å². The lowest BCUT2D eigenvalue weighted by molar-refractivity contribution is 0.0601. The largest absolute Gasteiger partial charge is 0.465 e. The zero-order valence-corrected chi connectivity index (χ0v) is 17.8. The summed E-state index contributed by atoms with van der Waals surface area (Å²) in [6, 6.07) is 12.8. The van der Waals surface area contributed by atoms with E-state index in [9.17, 15) is 14.4 Å². The van der Waals surface area contributed by atoms with Crippen LogP contribution in [0.5, 0.6) is 0 Å². The van der Waals surface area contributed by atoms with Crippen LogP contribution in [0.15, 0.2) is 47.8 Å². The van der Waals surface area contributed by atoms with E-state index in [4.69, 9.17) is 4.74 Å². The molecule has 0 radical (unpaired) electrons. The van der Waals surface area contributed by atoms with E-state index >= 15 is 0 Å². The maximum Gasteiger partial charge on any atom is 0.341 e. The normalized spacial score (nSPS) is 11.6. The Morgan fingerprint density at radius 3 is 2.38 bits per heavy atom. The maximum absolute atomic E-state index is 12.9. The highest BCUT2D eigenvalue weighted by molar-refractivity contribution is 7.19. The quantitative estimate of drug-likeness (QED) is 0.560. The molecule has 2 aromatic heterocycles. The van der Waals surface area contributed by atoms with E-state index < -0.39 is 5.97 Å². The van der Waals surface area contributed by atoms with E-state index in [-0.39, 0.29) is 23.4 Å². The van der Waals surface area contributed by atoms with Crippen LogP contribution in [0, 0.1) is 6.92 Å². The molecular formula is C21H20N2O4S2. The summed E-state index contributed by atoms with van der Waals surface area (Å²) in [5, 5.41) is 7.77. The van der Waals surface area contributed by atoms with Crippen molar-refractivity contribution in [1.29, 1.82) is 0 Å². The van der Waals surface area contributed by atoms with Gasteiger partial charge in [-0.25, -0.2) is 4.79 Å². The Morgan fingerprint density at radius 2 is 1.76 bits per heavy atom. The number of hydrogen-bond donors (Lipinski definition) is 2. The van der Waals surface area contributed by atoms with Gasteiger partial charge in [0.2, 0.25) is 0 Å². The van der Waals surface area contributed by atoms with Crippen molar-refractivity contribution in [2.24, 2.45) is 0 Å². The second-order valence-electron chi connectivity index (χ2n) is 6.29. The molecule has 6 nitrogen and oxygen atoms in total. The summed E-state index contributed by atoms with van der Waals surface area (Å²) in [5.74, 6) is -1.25. The number of methoxy groups -OCH3 is 1. The van der Waals surface area contributed by atoms with Crippen molar-refractivity contribution in [2.45, 2.75) is 19.9 Å². The number of benzene rings is 1. The zero-order valence-electron chi connectivity index (χ0n) is 16.1. The zero-order chi connectivity index (χ0) is 21.0. The minimum absolute atomic E-state index is 0.194. The number of esters is 1. The number of carbonyl (C=O) groups excluding carboxylic acids is 3. The van der Waals surface area contributed by atoms with Crippen LogP contribution in [0.4, 0.5) is 5.00 Å². The summed E-state index contributed by atoms with van der Waals surface area (Å²) in [7, 11) is 1.27. The monoisotopic (exact) mass is 428 g/mol. The molecule has 29 heavy (non-hydrogen) atoms. The second kappa shape index (κ2) is 9.02. The highest BCUT2D eigenvalue weighted by Gasteiger charge is 2.27. The van der Waals surface area contributed by atoms with Crippen LogP contribution in [0.2, 0.25) is 0 Å². The molecule has 0 saturated heterocycles. The lowest BCUT2D eigenvalue weighted by Gasteiger charge is -2.14. The highest BCUT2D eigenvalue weighted by atomic mass is 32.1. The van der Waals surface area contributed by atoms with Crippen molar-refractivity contribution in [3.63, 3.8) is 0 Å². The van der Waals surface area contributed by atoms with Gasteiger partial charge in [-0.1, -0.05) is 36.4 Å². The van der Waals surface area contributed by atoms with Crippen molar-refractivity contribution < 1.29 is 19.1 Å². The van der Waals surface area contributed by atoms with Gasteiger partial charge >= 0.3 is 5.97 Å². The van der Waals surface area contributed by atoms with Crippen molar-refractivity contribution in [2.75, 3.05) is 12.4 Å². The van der Waals surface area contributed by atoms with E-state index in [0.717, 1.165) is 16.9 Å². The van der Waals surface area contributed by atoms with Gasteiger partial charge in [0, 0.05) is 0 Å². The van der Waals surface area contributed by atoms with Crippen molar-refractivity contribution in [3.8, 4) is 0 Å². The first kappa shape index (κ1) is 20.8. The average molecular weight is 429 g/mol. The van der Waals surface area contributed by atoms with Gasteiger partial charge in [-0.15, -0.1) is 22.7 Å². The van der Waals surface area contributed by atoms with E-state index in [2.05, 4.69) is 10.6 Å². The Morgan fingerprint density at radius 1 is 1.03 bits per heavy atom. The third-order valence-electron chi connectivity index (χ3n) is 4.36. The number of nitrogens with one attached hydrogen (secondary N) is 2. The van der Waals surface area contributed by atoms with Crippen LogP contribution < -0.4 is 10.6 Å². The molecule has 3 aromatic rings. The lowest BCUT2D eigenvalue weighted by Crippen LogP contribution is -2.26. The molecule has 150 valence electrons. The Balaban J connectivity index is 1.88. The highest BCUT2D eigenvalue weighted by Crippen LogP contribution is 2.34. The number of hydrogen-bond acceptors (Lipinski definition) is 6. The maximum atomic E-state index is 12.9. The molecular weight excluding hydrogens is 408 g/mol. The molecule has 0 saturated carbocycles. The first-order valence-corrected chi connectivity index (χ1v) is 10.5. The van der Waals surface area contributed by atoms with E-state index in [1.54, 1.807) is 24.4 Å². The van der Waals surface area contributed by atoms with Crippen LogP contribution in [0.1, 0.15) is 53.8 Å². The molecule has 2 amide bonds. The number of rotatable bonds is 6. The summed E-state index contributed by atoms with van der Waals surface area (Å²) < 4.78 is 4.86. The van der Waals surface area contributed by atoms with Crippen LogP contribution in [0.3, 0.4) is 0 Å². The molecule has 2 N–H and O–H groups in total. The van der Waals surface area contributed by atoms with Crippen molar-refractivity contribution >= 4 is 45.5 Å². The third-order valence-corrected chi connectivity index (χ3v) is 6.44. The van der Waals surface area contributed by atoms with Crippen LogP contribution in [0.25, 0.3) is 0 Å². The Labute approximate surface area is 176 Å². The molecule has 1 unspecified atom stereocenters. The van der Waals surface area contributed by atoms with Crippen LogP contribution in [-0.4, -0.2) is 24.9 Å². The van der Waals surface area contributed by atoms with E-state index in [0.29, 0.717) is 20.3 Å². The molecule has 0 aliphatic rings. The molecule has 1 aromatic carbocycles. The molecule has 3 rings (SSSR count). The second-order valence-corrected chi connectivity index (χ2v) is 8.26. The summed E-state index contributed by atoms with van der Waals surface area (Å²) in [6.45, 7) is 3.56. The van der Waals surface area contributed by atoms with Gasteiger partial charge in [-0.05, 0) is 36.4 Å². The molecule has 2 heterocycles. The van der Waals surface area contributed by atoms with Gasteiger partial charge in [0.05, 0.1) is 28.5 Å². The molecule has 0 aliphatic carbocycles. The predicted octanol–water partition coefficient (Wildman–Crippen LogP) is 4.65. The third kappa shape index (κ3) is 4.55. The summed E-state index contributed by atoms with van der Waals surface area (Å²) in [5.41, 5.74) is 1.63. The Hall–Kier alpha value is -2.97. The first-order chi connectivity index (χ1) is 13.9.